The van der Waals surface area contributed by atoms with Crippen molar-refractivity contribution in [3.05, 3.63) is 22.4 Å². The van der Waals surface area contributed by atoms with Crippen LogP contribution in [-0.2, 0) is 14.4 Å². The van der Waals surface area contributed by atoms with E-state index in [4.69, 9.17) is 0 Å². The summed E-state index contributed by atoms with van der Waals surface area (Å²) in [5.41, 5.74) is 0.288. The molecule has 4 aliphatic carbocycles. The van der Waals surface area contributed by atoms with Crippen LogP contribution in [0.5, 0.6) is 0 Å². The van der Waals surface area contributed by atoms with E-state index in [9.17, 15) is 14.4 Å². The van der Waals surface area contributed by atoms with E-state index in [0.29, 0.717) is 60.9 Å². The molecule has 1 N–H and O–H groups in total. The second-order valence-corrected chi connectivity index (χ2v) is 13.8. The van der Waals surface area contributed by atoms with Crippen molar-refractivity contribution in [3.8, 4) is 0 Å². The van der Waals surface area contributed by atoms with Gasteiger partial charge in [0.05, 0.1) is 6.04 Å². The molecule has 0 saturated heterocycles. The number of hydrogen-bond acceptors (Lipinski definition) is 4. The zero-order valence-corrected chi connectivity index (χ0v) is 22.8. The third-order valence-electron chi connectivity index (χ3n) is 11.2. The average molecular weight is 498 g/mol. The standard InChI is InChI=1S/C30H43NO3S/c1-5-24(26-7-6-14-35-26)31-27(34)15-18(2)21-8-9-22-28-23(11-13-30(21,22)4)29(3)12-10-20(32)16-19(29)17-25(28)33/h6-7,14,18-19,21-24,28H,5,8-13,15-17H2,1-4H3,(H,31,34)/t18-,19+,21-,22+,23+,24-,28+,29+,30-/m1/s1. The van der Waals surface area contributed by atoms with Gasteiger partial charge in [0.15, 0.2) is 0 Å². The highest BCUT2D eigenvalue weighted by Gasteiger charge is 2.63. The Morgan fingerprint density at radius 2 is 1.89 bits per heavy atom. The van der Waals surface area contributed by atoms with Crippen LogP contribution in [-0.4, -0.2) is 17.5 Å². The Kier molecular flexibility index (Phi) is 6.78. The van der Waals surface area contributed by atoms with E-state index in [-0.39, 0.29) is 34.6 Å². The van der Waals surface area contributed by atoms with Gasteiger partial charge in [-0.1, -0.05) is 33.8 Å². The van der Waals surface area contributed by atoms with Gasteiger partial charge in [-0.3, -0.25) is 14.4 Å². The minimum Gasteiger partial charge on any atom is -0.348 e. The van der Waals surface area contributed by atoms with Crippen LogP contribution in [0.1, 0.15) is 103 Å². The third kappa shape index (κ3) is 4.24. The molecule has 4 fully saturated rings. The fourth-order valence-electron chi connectivity index (χ4n) is 9.25. The molecule has 0 spiro atoms. The van der Waals surface area contributed by atoms with Crippen molar-refractivity contribution in [1.82, 2.24) is 5.32 Å². The van der Waals surface area contributed by atoms with Gasteiger partial charge in [0, 0.05) is 36.5 Å². The molecule has 192 valence electrons. The summed E-state index contributed by atoms with van der Waals surface area (Å²) in [5.74, 6) is 3.07. The van der Waals surface area contributed by atoms with Crippen molar-refractivity contribution < 1.29 is 14.4 Å². The first kappa shape index (κ1) is 25.2. The van der Waals surface area contributed by atoms with Crippen LogP contribution in [0.4, 0.5) is 0 Å². The fourth-order valence-corrected chi connectivity index (χ4v) is 10.1. The highest BCUT2D eigenvalue weighted by Crippen LogP contribution is 2.67. The molecule has 35 heavy (non-hydrogen) atoms. The van der Waals surface area contributed by atoms with E-state index >= 15 is 0 Å². The second kappa shape index (κ2) is 9.43. The van der Waals surface area contributed by atoms with Gasteiger partial charge in [-0.2, -0.15) is 0 Å². The summed E-state index contributed by atoms with van der Waals surface area (Å²) in [6, 6.07) is 4.26. The first-order chi connectivity index (χ1) is 16.7. The molecule has 1 aromatic heterocycles. The predicted molar refractivity (Wildman–Crippen MR) is 140 cm³/mol. The lowest BCUT2D eigenvalue weighted by molar-refractivity contribution is -0.159. The molecule has 4 saturated carbocycles. The van der Waals surface area contributed by atoms with Crippen molar-refractivity contribution in [3.63, 3.8) is 0 Å². The van der Waals surface area contributed by atoms with Crippen molar-refractivity contribution in [2.75, 3.05) is 0 Å². The van der Waals surface area contributed by atoms with Crippen LogP contribution in [0.3, 0.4) is 0 Å². The Balaban J connectivity index is 1.28. The van der Waals surface area contributed by atoms with Crippen LogP contribution in [0.25, 0.3) is 0 Å². The van der Waals surface area contributed by atoms with Crippen molar-refractivity contribution in [2.24, 2.45) is 46.3 Å². The first-order valence-electron chi connectivity index (χ1n) is 14.0. The maximum Gasteiger partial charge on any atom is 0.220 e. The summed E-state index contributed by atoms with van der Waals surface area (Å²) in [6.07, 6.45) is 8.88. The summed E-state index contributed by atoms with van der Waals surface area (Å²) in [6.45, 7) is 9.23. The number of amides is 1. The topological polar surface area (TPSA) is 63.2 Å². The van der Waals surface area contributed by atoms with Gasteiger partial charge in [-0.15, -0.1) is 11.3 Å². The van der Waals surface area contributed by atoms with Crippen molar-refractivity contribution in [2.45, 2.75) is 97.9 Å². The predicted octanol–water partition coefficient (Wildman–Crippen LogP) is 6.75. The number of carbonyl (C=O) groups is 3. The van der Waals surface area contributed by atoms with Crippen LogP contribution in [0, 0.1) is 46.3 Å². The van der Waals surface area contributed by atoms with Gasteiger partial charge < -0.3 is 5.32 Å². The molecule has 0 aromatic carbocycles. The van der Waals surface area contributed by atoms with Crippen LogP contribution >= 0.6 is 11.3 Å². The van der Waals surface area contributed by atoms with Crippen LogP contribution < -0.4 is 5.32 Å². The molecule has 4 aliphatic rings. The van der Waals surface area contributed by atoms with Gasteiger partial charge in [0.1, 0.15) is 11.6 Å². The van der Waals surface area contributed by atoms with Crippen molar-refractivity contribution >= 4 is 28.8 Å². The number of thiophene rings is 1. The van der Waals surface area contributed by atoms with Gasteiger partial charge >= 0.3 is 0 Å². The molecule has 0 unspecified atom stereocenters. The molecule has 0 radical (unpaired) electrons. The van der Waals surface area contributed by atoms with Crippen LogP contribution in [0.2, 0.25) is 0 Å². The minimum absolute atomic E-state index is 0.105. The molecule has 5 rings (SSSR count). The zero-order valence-electron chi connectivity index (χ0n) is 22.0. The fraction of sp³-hybridized carbons (Fsp3) is 0.767. The van der Waals surface area contributed by atoms with E-state index < -0.39 is 0 Å². The number of nitrogens with one attached hydrogen (secondary N) is 1. The normalized spacial score (nSPS) is 40.4. The molecule has 1 heterocycles. The number of carbonyl (C=O) groups excluding carboxylic acids is 3. The Morgan fingerprint density at radius 3 is 2.60 bits per heavy atom. The largest absolute Gasteiger partial charge is 0.348 e. The number of fused-ring (bicyclic) bond motifs is 5. The average Bonchev–Trinajstić information content (AvgIpc) is 3.46. The van der Waals surface area contributed by atoms with Gasteiger partial charge in [-0.05, 0) is 90.4 Å². The number of ketones is 2. The Labute approximate surface area is 215 Å². The monoisotopic (exact) mass is 497 g/mol. The highest BCUT2D eigenvalue weighted by atomic mass is 32.1. The minimum atomic E-state index is 0.105. The number of Topliss-reactive ketones (excluding diaryl/α,β-unsaturated/α-hetero) is 2. The molecule has 0 aliphatic heterocycles. The SMILES string of the molecule is CC[C@@H](NC(=O)C[C@@H](C)[C@H]1CC[C@H]2[C@@H]3C(=O)C[C@@H]4CC(=O)CC[C@]4(C)[C@H]3CC[C@]12C)c1cccs1. The molecule has 9 atom stereocenters. The summed E-state index contributed by atoms with van der Waals surface area (Å²) in [7, 11) is 0. The Hall–Kier alpha value is -1.49. The maximum atomic E-state index is 13.6. The lowest BCUT2D eigenvalue weighted by Crippen LogP contribution is -2.57. The maximum absolute atomic E-state index is 13.6. The van der Waals surface area contributed by atoms with E-state index in [2.05, 4.69) is 44.5 Å². The highest BCUT2D eigenvalue weighted by molar-refractivity contribution is 7.10. The molecular formula is C30H43NO3S. The molecule has 5 heteroatoms. The lowest BCUT2D eigenvalue weighted by atomic mass is 9.44. The van der Waals surface area contributed by atoms with Gasteiger partial charge in [-0.25, -0.2) is 0 Å². The smallest absolute Gasteiger partial charge is 0.220 e. The lowest BCUT2D eigenvalue weighted by Gasteiger charge is -2.59. The van der Waals surface area contributed by atoms with Crippen LogP contribution in [0.15, 0.2) is 17.5 Å². The quantitative estimate of drug-likeness (QED) is 0.473. The summed E-state index contributed by atoms with van der Waals surface area (Å²) in [5, 5.41) is 5.36. The molecule has 1 amide bonds. The molecule has 0 bridgehead atoms. The van der Waals surface area contributed by atoms with E-state index in [1.807, 2.05) is 6.07 Å². The second-order valence-electron chi connectivity index (χ2n) is 12.8. The Bertz CT molecular complexity index is 972. The zero-order chi connectivity index (χ0) is 25.0. The first-order valence-corrected chi connectivity index (χ1v) is 14.9. The van der Waals surface area contributed by atoms with Gasteiger partial charge in [0.25, 0.3) is 0 Å². The van der Waals surface area contributed by atoms with Gasteiger partial charge in [0.2, 0.25) is 5.91 Å². The number of hydrogen-bond donors (Lipinski definition) is 1. The van der Waals surface area contributed by atoms with E-state index in [0.717, 1.165) is 38.5 Å². The molecule has 4 nitrogen and oxygen atoms in total. The third-order valence-corrected chi connectivity index (χ3v) is 12.2. The van der Waals surface area contributed by atoms with E-state index in [1.54, 1.807) is 11.3 Å². The molecular weight excluding hydrogens is 454 g/mol. The van der Waals surface area contributed by atoms with E-state index in [1.165, 1.54) is 4.88 Å². The summed E-state index contributed by atoms with van der Waals surface area (Å²) in [4.78, 5) is 40.0. The molecule has 1 aromatic rings. The summed E-state index contributed by atoms with van der Waals surface area (Å²) < 4.78 is 0. The van der Waals surface area contributed by atoms with Crippen molar-refractivity contribution in [1.29, 1.82) is 0 Å². The number of rotatable bonds is 6. The summed E-state index contributed by atoms with van der Waals surface area (Å²) >= 11 is 1.71. The Morgan fingerprint density at radius 1 is 1.11 bits per heavy atom.